The molecule has 0 amide bonds. The van der Waals surface area contributed by atoms with Gasteiger partial charge in [0.25, 0.3) is 10.0 Å². The molecule has 0 unspecified atom stereocenters. The van der Waals surface area contributed by atoms with Crippen LogP contribution in [-0.4, -0.2) is 8.42 Å². The number of hydrogen-bond acceptors (Lipinski definition) is 3. The molecular weight excluding hydrogens is 376 g/mol. The summed E-state index contributed by atoms with van der Waals surface area (Å²) >= 11 is 3.01. The molecule has 0 radical (unpaired) electrons. The first-order chi connectivity index (χ1) is 7.99. The van der Waals surface area contributed by atoms with E-state index in [1.54, 1.807) is 11.4 Å². The summed E-state index contributed by atoms with van der Waals surface area (Å²) in [7, 11) is -3.56. The molecular formula is C10H7FINO2S2. The summed E-state index contributed by atoms with van der Waals surface area (Å²) in [5, 5.41) is 1.68. The predicted octanol–water partition coefficient (Wildman–Crippen LogP) is 3.29. The van der Waals surface area contributed by atoms with E-state index in [9.17, 15) is 12.8 Å². The van der Waals surface area contributed by atoms with Gasteiger partial charge in [0.15, 0.2) is 0 Å². The molecule has 0 aliphatic carbocycles. The van der Waals surface area contributed by atoms with E-state index in [0.717, 1.165) is 11.3 Å². The summed E-state index contributed by atoms with van der Waals surface area (Å²) < 4.78 is 39.9. The van der Waals surface area contributed by atoms with Crippen LogP contribution in [0.15, 0.2) is 39.9 Å². The molecule has 1 N–H and O–H groups in total. The van der Waals surface area contributed by atoms with Crippen molar-refractivity contribution >= 4 is 49.6 Å². The Bertz CT molecular complexity index is 626. The van der Waals surface area contributed by atoms with Crippen molar-refractivity contribution < 1.29 is 12.8 Å². The van der Waals surface area contributed by atoms with Crippen molar-refractivity contribution in [3.05, 3.63) is 45.1 Å². The molecule has 7 heteroatoms. The van der Waals surface area contributed by atoms with Gasteiger partial charge in [0.2, 0.25) is 0 Å². The largest absolute Gasteiger partial charge is 0.278 e. The van der Waals surface area contributed by atoms with Crippen LogP contribution in [-0.2, 0) is 10.0 Å². The maximum Gasteiger partial charge on any atom is 0.271 e. The monoisotopic (exact) mass is 383 g/mol. The summed E-state index contributed by atoms with van der Waals surface area (Å²) in [6.45, 7) is 0. The Labute approximate surface area is 116 Å². The molecule has 0 fully saturated rings. The van der Waals surface area contributed by atoms with Crippen molar-refractivity contribution in [3.8, 4) is 0 Å². The highest BCUT2D eigenvalue weighted by atomic mass is 127. The summed E-state index contributed by atoms with van der Waals surface area (Å²) in [6.07, 6.45) is 0. The molecule has 1 heterocycles. The maximum atomic E-state index is 12.9. The van der Waals surface area contributed by atoms with Crippen molar-refractivity contribution in [1.29, 1.82) is 0 Å². The first-order valence-electron chi connectivity index (χ1n) is 4.50. The highest BCUT2D eigenvalue weighted by molar-refractivity contribution is 14.1. The minimum atomic E-state index is -3.56. The van der Waals surface area contributed by atoms with Crippen molar-refractivity contribution in [1.82, 2.24) is 0 Å². The highest BCUT2D eigenvalue weighted by Crippen LogP contribution is 2.24. The van der Waals surface area contributed by atoms with Crippen LogP contribution in [0.25, 0.3) is 0 Å². The Morgan fingerprint density at radius 3 is 2.65 bits per heavy atom. The number of sulfonamides is 1. The molecule has 0 saturated carbocycles. The van der Waals surface area contributed by atoms with Crippen LogP contribution in [0.2, 0.25) is 0 Å². The Morgan fingerprint density at radius 1 is 1.29 bits per heavy atom. The second-order valence-electron chi connectivity index (χ2n) is 3.16. The maximum absolute atomic E-state index is 12.9. The van der Waals surface area contributed by atoms with E-state index in [1.807, 2.05) is 22.6 Å². The van der Waals surface area contributed by atoms with Gasteiger partial charge in [-0.1, -0.05) is 6.07 Å². The van der Waals surface area contributed by atoms with Gasteiger partial charge in [0, 0.05) is 3.57 Å². The topological polar surface area (TPSA) is 46.2 Å². The zero-order valence-electron chi connectivity index (χ0n) is 8.35. The van der Waals surface area contributed by atoms with Crippen molar-refractivity contribution in [3.63, 3.8) is 0 Å². The molecule has 17 heavy (non-hydrogen) atoms. The number of thiophene rings is 1. The van der Waals surface area contributed by atoms with Crippen LogP contribution in [0.5, 0.6) is 0 Å². The van der Waals surface area contributed by atoms with Gasteiger partial charge in [0.1, 0.15) is 10.0 Å². The van der Waals surface area contributed by atoms with E-state index in [0.29, 0.717) is 9.26 Å². The van der Waals surface area contributed by atoms with E-state index in [4.69, 9.17) is 0 Å². The molecule has 3 nitrogen and oxygen atoms in total. The third-order valence-electron chi connectivity index (χ3n) is 1.94. The normalized spacial score (nSPS) is 11.4. The predicted molar refractivity (Wildman–Crippen MR) is 74.2 cm³/mol. The van der Waals surface area contributed by atoms with Crippen molar-refractivity contribution in [2.75, 3.05) is 4.72 Å². The number of benzene rings is 1. The van der Waals surface area contributed by atoms with Crippen LogP contribution in [0, 0.1) is 9.39 Å². The SMILES string of the molecule is O=S(=O)(Nc1ccc(F)cc1I)c1cccs1. The fourth-order valence-electron chi connectivity index (χ4n) is 1.18. The summed E-state index contributed by atoms with van der Waals surface area (Å²) in [5.74, 6) is -0.395. The average Bonchev–Trinajstić information content (AvgIpc) is 2.76. The first kappa shape index (κ1) is 12.8. The van der Waals surface area contributed by atoms with Gasteiger partial charge >= 0.3 is 0 Å². The second kappa shape index (κ2) is 4.91. The zero-order chi connectivity index (χ0) is 12.5. The Balaban J connectivity index is 2.33. The third-order valence-corrected chi connectivity index (χ3v) is 5.59. The zero-order valence-corrected chi connectivity index (χ0v) is 12.1. The first-order valence-corrected chi connectivity index (χ1v) is 7.94. The molecule has 0 aliphatic heterocycles. The summed E-state index contributed by atoms with van der Waals surface area (Å²) in [5.41, 5.74) is 0.375. The van der Waals surface area contributed by atoms with Gasteiger partial charge in [-0.05, 0) is 52.2 Å². The number of anilines is 1. The third kappa shape index (κ3) is 2.96. The molecule has 90 valence electrons. The van der Waals surface area contributed by atoms with Gasteiger partial charge in [-0.25, -0.2) is 12.8 Å². The summed E-state index contributed by atoms with van der Waals surface area (Å²) in [4.78, 5) is 0. The van der Waals surface area contributed by atoms with Gasteiger partial charge in [-0.3, -0.25) is 4.72 Å². The Hall–Kier alpha value is -0.670. The average molecular weight is 383 g/mol. The quantitative estimate of drug-likeness (QED) is 0.827. The van der Waals surface area contributed by atoms with Crippen LogP contribution >= 0.6 is 33.9 Å². The smallest absolute Gasteiger partial charge is 0.271 e. The molecule has 0 spiro atoms. The molecule has 0 aliphatic rings. The Kier molecular flexibility index (Phi) is 3.69. The van der Waals surface area contributed by atoms with Crippen LogP contribution < -0.4 is 4.72 Å². The molecule has 0 atom stereocenters. The second-order valence-corrected chi connectivity index (χ2v) is 7.18. The minimum absolute atomic E-state index is 0.234. The van der Waals surface area contributed by atoms with Crippen molar-refractivity contribution in [2.24, 2.45) is 0 Å². The fourth-order valence-corrected chi connectivity index (χ4v) is 4.05. The highest BCUT2D eigenvalue weighted by Gasteiger charge is 2.16. The van der Waals surface area contributed by atoms with Crippen LogP contribution in [0.4, 0.5) is 10.1 Å². The molecule has 0 bridgehead atoms. The van der Waals surface area contributed by atoms with Crippen LogP contribution in [0.1, 0.15) is 0 Å². The van der Waals surface area contributed by atoms with Gasteiger partial charge in [0.05, 0.1) is 5.69 Å². The lowest BCUT2D eigenvalue weighted by molar-refractivity contribution is 0.603. The summed E-state index contributed by atoms with van der Waals surface area (Å²) in [6, 6.07) is 7.07. The van der Waals surface area contributed by atoms with E-state index in [-0.39, 0.29) is 4.21 Å². The minimum Gasteiger partial charge on any atom is -0.278 e. The lowest BCUT2D eigenvalue weighted by atomic mass is 10.3. The number of nitrogens with one attached hydrogen (secondary N) is 1. The lowest BCUT2D eigenvalue weighted by Gasteiger charge is -2.08. The van der Waals surface area contributed by atoms with E-state index >= 15 is 0 Å². The number of rotatable bonds is 3. The molecule has 1 aromatic carbocycles. The Morgan fingerprint density at radius 2 is 2.06 bits per heavy atom. The molecule has 2 aromatic rings. The molecule has 0 saturated heterocycles. The van der Waals surface area contributed by atoms with Gasteiger partial charge < -0.3 is 0 Å². The van der Waals surface area contributed by atoms with E-state index < -0.39 is 15.8 Å². The fraction of sp³-hybridized carbons (Fsp3) is 0. The molecule has 1 aromatic heterocycles. The standard InChI is InChI=1S/C10H7FINO2S2/c11-7-3-4-9(8(12)6-7)13-17(14,15)10-2-1-5-16-10/h1-6,13H. The number of hydrogen-bond donors (Lipinski definition) is 1. The van der Waals surface area contributed by atoms with Crippen LogP contribution in [0.3, 0.4) is 0 Å². The van der Waals surface area contributed by atoms with Crippen molar-refractivity contribution in [2.45, 2.75) is 4.21 Å². The van der Waals surface area contributed by atoms with E-state index in [2.05, 4.69) is 4.72 Å². The molecule has 2 rings (SSSR count). The lowest BCUT2D eigenvalue weighted by Crippen LogP contribution is -2.12. The number of halogens is 2. The van der Waals surface area contributed by atoms with Gasteiger partial charge in [-0.15, -0.1) is 11.3 Å². The van der Waals surface area contributed by atoms with E-state index in [1.165, 1.54) is 24.3 Å². The van der Waals surface area contributed by atoms with Gasteiger partial charge in [-0.2, -0.15) is 0 Å².